The van der Waals surface area contributed by atoms with E-state index in [9.17, 15) is 0 Å². The number of benzene rings is 9. The van der Waals surface area contributed by atoms with Gasteiger partial charge in [0.2, 0.25) is 0 Å². The van der Waals surface area contributed by atoms with Crippen molar-refractivity contribution in [1.29, 1.82) is 0 Å². The largest absolute Gasteiger partial charge is 0.455 e. The number of nitrogens with zero attached hydrogens (tertiary/aromatic N) is 2. The minimum atomic E-state index is 0.856. The van der Waals surface area contributed by atoms with Crippen LogP contribution in [0.5, 0.6) is 0 Å². The molecule has 0 amide bonds. The lowest BCUT2D eigenvalue weighted by Crippen LogP contribution is -2.10. The number of hydrogen-bond acceptors (Lipinski definition) is 4. The molecule has 0 saturated carbocycles. The minimum absolute atomic E-state index is 0.856. The number of rotatable bonds is 10. The average molecular weight is 805 g/mol. The van der Waals surface area contributed by atoms with Crippen LogP contribution in [-0.4, -0.2) is 0 Å². The predicted molar refractivity (Wildman–Crippen MR) is 263 cm³/mol. The quantitative estimate of drug-likeness (QED) is 0.138. The van der Waals surface area contributed by atoms with Gasteiger partial charge >= 0.3 is 0 Å². The van der Waals surface area contributed by atoms with E-state index in [0.717, 1.165) is 125 Å². The zero-order valence-corrected chi connectivity index (χ0v) is 35.7. The van der Waals surface area contributed by atoms with E-state index in [0.29, 0.717) is 0 Å². The van der Waals surface area contributed by atoms with Crippen LogP contribution < -0.4 is 9.80 Å². The molecule has 0 saturated heterocycles. The number of aryl methyl sites for hydroxylation is 4. The van der Waals surface area contributed by atoms with Gasteiger partial charge in [-0.15, -0.1) is 0 Å². The van der Waals surface area contributed by atoms with Crippen LogP contribution in [0.4, 0.5) is 34.1 Å². The zero-order chi connectivity index (χ0) is 41.9. The monoisotopic (exact) mass is 804 g/mol. The molecule has 0 aliphatic heterocycles. The molecule has 11 rings (SSSR count). The molecule has 9 aromatic carbocycles. The first-order chi connectivity index (χ1) is 30.5. The molecule has 4 nitrogen and oxygen atoms in total. The van der Waals surface area contributed by atoms with Crippen LogP contribution in [-0.2, 0) is 25.7 Å². The van der Waals surface area contributed by atoms with Crippen molar-refractivity contribution in [3.8, 4) is 0 Å². The van der Waals surface area contributed by atoms with Gasteiger partial charge in [0.25, 0.3) is 0 Å². The average Bonchev–Trinajstić information content (AvgIpc) is 3.91. The lowest BCUT2D eigenvalue weighted by molar-refractivity contribution is 0.666. The Hall–Kier alpha value is -7.30. The summed E-state index contributed by atoms with van der Waals surface area (Å²) in [5.74, 6) is 0. The molecule has 0 bridgehead atoms. The van der Waals surface area contributed by atoms with Crippen LogP contribution in [0, 0.1) is 0 Å². The molecule has 0 radical (unpaired) electrons. The van der Waals surface area contributed by atoms with Gasteiger partial charge in [0.05, 0.1) is 0 Å². The topological polar surface area (TPSA) is 32.8 Å². The fraction of sp³-hybridized carbons (Fsp3) is 0.138. The molecular weight excluding hydrogens is 757 g/mol. The third kappa shape index (κ3) is 6.29. The SMILES string of the molecule is CCc1ccc(N(c2ccc(CC)cc2)c2ccc3c(ccc4c3oc3ccc5oc6c7ccc(N(c8ccc(CC)cc8)c8ccc(CC)cc8)cc7ccc6c5c34)c2)cc1. The fourth-order valence-corrected chi connectivity index (χ4v) is 9.38. The highest BCUT2D eigenvalue weighted by Gasteiger charge is 2.21. The number of anilines is 6. The van der Waals surface area contributed by atoms with Crippen LogP contribution >= 0.6 is 0 Å². The van der Waals surface area contributed by atoms with E-state index in [1.165, 1.54) is 22.3 Å². The first-order valence-electron chi connectivity index (χ1n) is 22.1. The van der Waals surface area contributed by atoms with E-state index in [2.05, 4.69) is 207 Å². The van der Waals surface area contributed by atoms with Crippen molar-refractivity contribution in [2.75, 3.05) is 9.80 Å². The zero-order valence-electron chi connectivity index (χ0n) is 35.7. The Bertz CT molecular complexity index is 3100. The van der Waals surface area contributed by atoms with Gasteiger partial charge in [0, 0.05) is 66.4 Å². The van der Waals surface area contributed by atoms with Gasteiger partial charge in [-0.2, -0.15) is 0 Å². The maximum absolute atomic E-state index is 6.79. The van der Waals surface area contributed by atoms with Gasteiger partial charge in [-0.1, -0.05) is 88.4 Å². The summed E-state index contributed by atoms with van der Waals surface area (Å²) in [5, 5.41) is 8.77. The Morgan fingerprint density at radius 3 is 0.903 bits per heavy atom. The Balaban J connectivity index is 1.02. The van der Waals surface area contributed by atoms with E-state index in [1.54, 1.807) is 0 Å². The highest BCUT2D eigenvalue weighted by atomic mass is 16.3. The predicted octanol–water partition coefficient (Wildman–Crippen LogP) is 17.0. The molecule has 2 aromatic heterocycles. The summed E-state index contributed by atoms with van der Waals surface area (Å²) >= 11 is 0. The van der Waals surface area contributed by atoms with Crippen molar-refractivity contribution >= 4 is 99.5 Å². The first kappa shape index (κ1) is 37.7. The van der Waals surface area contributed by atoms with Gasteiger partial charge < -0.3 is 18.6 Å². The van der Waals surface area contributed by atoms with Crippen molar-refractivity contribution in [3.63, 3.8) is 0 Å². The molecule has 0 aliphatic rings. The Labute approximate surface area is 362 Å². The highest BCUT2D eigenvalue weighted by Crippen LogP contribution is 2.45. The molecule has 0 aliphatic carbocycles. The van der Waals surface area contributed by atoms with Crippen molar-refractivity contribution in [2.24, 2.45) is 0 Å². The molecule has 302 valence electrons. The Kier molecular flexibility index (Phi) is 9.30. The van der Waals surface area contributed by atoms with Crippen molar-refractivity contribution in [2.45, 2.75) is 53.4 Å². The van der Waals surface area contributed by atoms with Crippen molar-refractivity contribution in [3.05, 3.63) is 192 Å². The van der Waals surface area contributed by atoms with E-state index in [4.69, 9.17) is 8.83 Å². The Morgan fingerprint density at radius 1 is 0.306 bits per heavy atom. The second kappa shape index (κ2) is 15.3. The number of hydrogen-bond donors (Lipinski definition) is 0. The molecule has 2 heterocycles. The summed E-state index contributed by atoms with van der Waals surface area (Å²) in [6.45, 7) is 8.80. The fourth-order valence-electron chi connectivity index (χ4n) is 9.38. The van der Waals surface area contributed by atoms with Crippen LogP contribution in [0.2, 0.25) is 0 Å². The van der Waals surface area contributed by atoms with Crippen LogP contribution in [0.15, 0.2) is 179 Å². The summed E-state index contributed by atoms with van der Waals surface area (Å²) in [6.07, 6.45) is 4.04. The highest BCUT2D eigenvalue weighted by molar-refractivity contribution is 6.30. The normalized spacial score (nSPS) is 11.8. The molecular formula is C58H48N2O2. The summed E-state index contributed by atoms with van der Waals surface area (Å²) in [5.41, 5.74) is 15.5. The van der Waals surface area contributed by atoms with Crippen LogP contribution in [0.25, 0.3) is 65.4 Å². The maximum atomic E-state index is 6.79. The summed E-state index contributed by atoms with van der Waals surface area (Å²) in [7, 11) is 0. The molecule has 4 heteroatoms. The minimum Gasteiger partial charge on any atom is -0.455 e. The molecule has 11 aromatic rings. The van der Waals surface area contributed by atoms with E-state index in [1.807, 2.05) is 0 Å². The van der Waals surface area contributed by atoms with E-state index < -0.39 is 0 Å². The lowest BCUT2D eigenvalue weighted by atomic mass is 10.00. The lowest BCUT2D eigenvalue weighted by Gasteiger charge is -2.26. The molecule has 62 heavy (non-hydrogen) atoms. The van der Waals surface area contributed by atoms with E-state index >= 15 is 0 Å². The van der Waals surface area contributed by atoms with Crippen LogP contribution in [0.3, 0.4) is 0 Å². The summed E-state index contributed by atoms with van der Waals surface area (Å²) < 4.78 is 13.6. The van der Waals surface area contributed by atoms with Crippen molar-refractivity contribution < 1.29 is 8.83 Å². The first-order valence-corrected chi connectivity index (χ1v) is 22.1. The molecule has 0 spiro atoms. The molecule has 0 unspecified atom stereocenters. The molecule has 0 fully saturated rings. The van der Waals surface area contributed by atoms with E-state index in [-0.39, 0.29) is 0 Å². The van der Waals surface area contributed by atoms with Crippen molar-refractivity contribution in [1.82, 2.24) is 0 Å². The summed E-state index contributed by atoms with van der Waals surface area (Å²) in [4.78, 5) is 4.70. The number of furan rings is 2. The van der Waals surface area contributed by atoms with Crippen LogP contribution in [0.1, 0.15) is 49.9 Å². The maximum Gasteiger partial charge on any atom is 0.143 e. The molecule has 0 atom stereocenters. The Morgan fingerprint density at radius 2 is 0.597 bits per heavy atom. The van der Waals surface area contributed by atoms with Gasteiger partial charge in [-0.25, -0.2) is 0 Å². The molecule has 0 N–H and O–H groups in total. The van der Waals surface area contributed by atoms with Gasteiger partial charge in [-0.3, -0.25) is 0 Å². The standard InChI is InChI=1S/C58H48N2O2/c1-5-37-9-19-43(20-10-37)59(44-21-11-38(6-2)12-22-44)47-27-31-49-41(35-47)17-29-51-55-53(61-57(49)51)33-34-54-56(55)52-30-18-42-36-48(28-32-50(42)58(52)62-54)60(45-23-13-39(7-3)14-24-45)46-25-15-40(8-4)16-26-46/h9-36H,5-8H2,1-4H3. The summed E-state index contributed by atoms with van der Waals surface area (Å²) in [6, 6.07) is 62.2. The van der Waals surface area contributed by atoms with Gasteiger partial charge in [0.1, 0.15) is 22.3 Å². The smallest absolute Gasteiger partial charge is 0.143 e. The number of fused-ring (bicyclic) bond motifs is 11. The second-order valence-electron chi connectivity index (χ2n) is 16.5. The third-order valence-corrected chi connectivity index (χ3v) is 12.9. The third-order valence-electron chi connectivity index (χ3n) is 12.9. The van der Waals surface area contributed by atoms with Gasteiger partial charge in [-0.05, 0) is 168 Å². The van der Waals surface area contributed by atoms with Gasteiger partial charge in [0.15, 0.2) is 0 Å². The second-order valence-corrected chi connectivity index (χ2v) is 16.5.